The molecule has 0 atom stereocenters. The van der Waals surface area contributed by atoms with Crippen LogP contribution in [0.2, 0.25) is 0 Å². The van der Waals surface area contributed by atoms with Gasteiger partial charge in [0.15, 0.2) is 0 Å². The number of hydrogen-bond acceptors (Lipinski definition) is 2. The molecule has 0 unspecified atom stereocenters. The first-order valence-corrected chi connectivity index (χ1v) is 10.3. The van der Waals surface area contributed by atoms with Crippen LogP contribution in [0.4, 0.5) is 0 Å². The van der Waals surface area contributed by atoms with Crippen LogP contribution in [0.15, 0.2) is 48.5 Å². The number of nitrogens with zero attached hydrogens (tertiary/aromatic N) is 1. The van der Waals surface area contributed by atoms with Crippen LogP contribution in [0.3, 0.4) is 0 Å². The zero-order chi connectivity index (χ0) is 19.9. The standard InChI is InChI=1S/C24H30N2O2/c1-3-19-6-8-21(9-7-19)17-25-23(27)16-20-12-14-26(15-13-20)24(28)22-10-4-18(2)5-11-22/h4-11,20H,3,12-17H2,1-2H3,(H,25,27). The van der Waals surface area contributed by atoms with Crippen LogP contribution in [0, 0.1) is 12.8 Å². The zero-order valence-corrected chi connectivity index (χ0v) is 16.9. The Morgan fingerprint density at radius 2 is 1.57 bits per heavy atom. The number of rotatable bonds is 6. The molecule has 1 aliphatic rings. The fraction of sp³-hybridized carbons (Fsp3) is 0.417. The first-order valence-electron chi connectivity index (χ1n) is 10.3. The SMILES string of the molecule is CCc1ccc(CNC(=O)CC2CCN(C(=O)c3ccc(C)cc3)CC2)cc1. The molecule has 4 heteroatoms. The van der Waals surface area contributed by atoms with E-state index in [0.29, 0.717) is 18.9 Å². The number of likely N-dealkylation sites (tertiary alicyclic amines) is 1. The zero-order valence-electron chi connectivity index (χ0n) is 16.9. The Balaban J connectivity index is 1.41. The van der Waals surface area contributed by atoms with Gasteiger partial charge in [-0.05, 0) is 55.4 Å². The number of aryl methyl sites for hydroxylation is 2. The summed E-state index contributed by atoms with van der Waals surface area (Å²) in [7, 11) is 0. The van der Waals surface area contributed by atoms with Gasteiger partial charge in [0.05, 0.1) is 0 Å². The van der Waals surface area contributed by atoms with E-state index in [-0.39, 0.29) is 11.8 Å². The van der Waals surface area contributed by atoms with E-state index in [1.165, 1.54) is 5.56 Å². The molecule has 1 aliphatic heterocycles. The molecule has 0 bridgehead atoms. The Morgan fingerprint density at radius 3 is 2.18 bits per heavy atom. The molecule has 1 saturated heterocycles. The second kappa shape index (κ2) is 9.54. The first-order chi connectivity index (χ1) is 13.5. The fourth-order valence-electron chi connectivity index (χ4n) is 3.65. The molecule has 28 heavy (non-hydrogen) atoms. The largest absolute Gasteiger partial charge is 0.352 e. The molecule has 2 amide bonds. The highest BCUT2D eigenvalue weighted by Crippen LogP contribution is 2.22. The van der Waals surface area contributed by atoms with Crippen molar-refractivity contribution in [1.82, 2.24) is 10.2 Å². The topological polar surface area (TPSA) is 49.4 Å². The van der Waals surface area contributed by atoms with E-state index < -0.39 is 0 Å². The summed E-state index contributed by atoms with van der Waals surface area (Å²) < 4.78 is 0. The van der Waals surface area contributed by atoms with Crippen LogP contribution < -0.4 is 5.32 Å². The molecule has 2 aromatic rings. The molecule has 0 radical (unpaired) electrons. The molecular weight excluding hydrogens is 348 g/mol. The number of nitrogens with one attached hydrogen (secondary N) is 1. The lowest BCUT2D eigenvalue weighted by atomic mass is 9.92. The molecule has 0 saturated carbocycles. The van der Waals surface area contributed by atoms with E-state index in [1.807, 2.05) is 36.1 Å². The highest BCUT2D eigenvalue weighted by Gasteiger charge is 2.25. The van der Waals surface area contributed by atoms with Crippen molar-refractivity contribution < 1.29 is 9.59 Å². The molecular formula is C24H30N2O2. The van der Waals surface area contributed by atoms with E-state index in [2.05, 4.69) is 36.5 Å². The molecule has 1 heterocycles. The lowest BCUT2D eigenvalue weighted by Gasteiger charge is -2.32. The fourth-order valence-corrected chi connectivity index (χ4v) is 3.65. The van der Waals surface area contributed by atoms with Gasteiger partial charge in [-0.1, -0.05) is 48.9 Å². The van der Waals surface area contributed by atoms with Gasteiger partial charge in [-0.15, -0.1) is 0 Å². The van der Waals surface area contributed by atoms with Gasteiger partial charge in [0.1, 0.15) is 0 Å². The second-order valence-corrected chi connectivity index (χ2v) is 7.75. The molecule has 0 aromatic heterocycles. The summed E-state index contributed by atoms with van der Waals surface area (Å²) in [5, 5.41) is 3.03. The molecule has 3 rings (SSSR count). The molecule has 0 aliphatic carbocycles. The van der Waals surface area contributed by atoms with Crippen molar-refractivity contribution in [3.05, 3.63) is 70.8 Å². The monoisotopic (exact) mass is 378 g/mol. The van der Waals surface area contributed by atoms with Crippen molar-refractivity contribution in [3.8, 4) is 0 Å². The second-order valence-electron chi connectivity index (χ2n) is 7.75. The number of carbonyl (C=O) groups excluding carboxylic acids is 2. The summed E-state index contributed by atoms with van der Waals surface area (Å²) in [5.74, 6) is 0.547. The quantitative estimate of drug-likeness (QED) is 0.822. The third-order valence-electron chi connectivity index (χ3n) is 5.60. The third-order valence-corrected chi connectivity index (χ3v) is 5.60. The number of benzene rings is 2. The minimum absolute atomic E-state index is 0.0958. The summed E-state index contributed by atoms with van der Waals surface area (Å²) in [5.41, 5.74) is 4.34. The van der Waals surface area contributed by atoms with Gasteiger partial charge in [-0.25, -0.2) is 0 Å². The third kappa shape index (κ3) is 5.44. The van der Waals surface area contributed by atoms with Gasteiger partial charge in [0.25, 0.3) is 5.91 Å². The summed E-state index contributed by atoms with van der Waals surface area (Å²) in [6, 6.07) is 16.1. The van der Waals surface area contributed by atoms with Crippen molar-refractivity contribution in [2.75, 3.05) is 13.1 Å². The van der Waals surface area contributed by atoms with Crippen LogP contribution in [0.5, 0.6) is 0 Å². The Kier molecular flexibility index (Phi) is 6.85. The normalized spacial score (nSPS) is 14.7. The maximum atomic E-state index is 12.6. The smallest absolute Gasteiger partial charge is 0.253 e. The maximum Gasteiger partial charge on any atom is 0.253 e. The maximum absolute atomic E-state index is 12.6. The lowest BCUT2D eigenvalue weighted by molar-refractivity contribution is -0.122. The van der Waals surface area contributed by atoms with Gasteiger partial charge in [-0.2, -0.15) is 0 Å². The van der Waals surface area contributed by atoms with Gasteiger partial charge in [-0.3, -0.25) is 9.59 Å². The molecule has 1 N–H and O–H groups in total. The summed E-state index contributed by atoms with van der Waals surface area (Å²) in [4.78, 5) is 26.8. The van der Waals surface area contributed by atoms with Crippen LogP contribution in [0.25, 0.3) is 0 Å². The lowest BCUT2D eigenvalue weighted by Crippen LogP contribution is -2.39. The highest BCUT2D eigenvalue weighted by molar-refractivity contribution is 5.94. The molecule has 148 valence electrons. The Labute approximate surface area is 167 Å². The van der Waals surface area contributed by atoms with E-state index in [9.17, 15) is 9.59 Å². The van der Waals surface area contributed by atoms with E-state index >= 15 is 0 Å². The van der Waals surface area contributed by atoms with Crippen molar-refractivity contribution in [2.45, 2.75) is 46.1 Å². The molecule has 2 aromatic carbocycles. The van der Waals surface area contributed by atoms with Crippen LogP contribution in [-0.4, -0.2) is 29.8 Å². The van der Waals surface area contributed by atoms with Gasteiger partial charge in [0, 0.05) is 31.6 Å². The number of hydrogen-bond donors (Lipinski definition) is 1. The van der Waals surface area contributed by atoms with E-state index in [4.69, 9.17) is 0 Å². The Hall–Kier alpha value is -2.62. The Bertz CT molecular complexity index is 788. The summed E-state index contributed by atoms with van der Waals surface area (Å²) >= 11 is 0. The molecule has 4 nitrogen and oxygen atoms in total. The Morgan fingerprint density at radius 1 is 0.964 bits per heavy atom. The van der Waals surface area contributed by atoms with Gasteiger partial charge >= 0.3 is 0 Å². The molecule has 0 spiro atoms. The van der Waals surface area contributed by atoms with E-state index in [1.54, 1.807) is 0 Å². The highest BCUT2D eigenvalue weighted by atomic mass is 16.2. The average Bonchev–Trinajstić information content (AvgIpc) is 2.73. The van der Waals surface area contributed by atoms with Crippen molar-refractivity contribution in [1.29, 1.82) is 0 Å². The number of carbonyl (C=O) groups is 2. The predicted molar refractivity (Wildman–Crippen MR) is 112 cm³/mol. The first kappa shape index (κ1) is 20.1. The number of amides is 2. The van der Waals surface area contributed by atoms with Crippen molar-refractivity contribution in [2.24, 2.45) is 5.92 Å². The van der Waals surface area contributed by atoms with Crippen LogP contribution >= 0.6 is 0 Å². The average molecular weight is 379 g/mol. The van der Waals surface area contributed by atoms with Gasteiger partial charge in [0.2, 0.25) is 5.91 Å². The minimum atomic E-state index is 0.0958. The number of piperidine rings is 1. The predicted octanol–water partition coefficient (Wildman–Crippen LogP) is 4.12. The van der Waals surface area contributed by atoms with Crippen LogP contribution in [-0.2, 0) is 17.8 Å². The van der Waals surface area contributed by atoms with Gasteiger partial charge < -0.3 is 10.2 Å². The van der Waals surface area contributed by atoms with Crippen molar-refractivity contribution in [3.63, 3.8) is 0 Å². The van der Waals surface area contributed by atoms with Crippen molar-refractivity contribution >= 4 is 11.8 Å². The van der Waals surface area contributed by atoms with E-state index in [0.717, 1.165) is 49.0 Å². The summed E-state index contributed by atoms with van der Waals surface area (Å²) in [6.45, 7) is 6.18. The summed E-state index contributed by atoms with van der Waals surface area (Å²) in [6.07, 6.45) is 3.34. The van der Waals surface area contributed by atoms with Crippen LogP contribution in [0.1, 0.15) is 53.2 Å². The minimum Gasteiger partial charge on any atom is -0.352 e. The molecule has 1 fully saturated rings.